The van der Waals surface area contributed by atoms with E-state index >= 15 is 0 Å². The van der Waals surface area contributed by atoms with Crippen LogP contribution in [0.3, 0.4) is 0 Å². The Morgan fingerprint density at radius 2 is 1.57 bits per heavy atom. The average Bonchev–Trinajstić information content (AvgIpc) is 2.71. The van der Waals surface area contributed by atoms with Gasteiger partial charge in [0, 0.05) is 6.42 Å². The Bertz CT molecular complexity index is 836. The number of hydrazine groups is 1. The smallest absolute Gasteiger partial charge is 0.276 e. The van der Waals surface area contributed by atoms with Crippen LogP contribution >= 0.6 is 0 Å². The van der Waals surface area contributed by atoms with Crippen LogP contribution < -0.4 is 25.1 Å². The molecule has 0 aliphatic heterocycles. The second-order valence-electron chi connectivity index (χ2n) is 6.32. The summed E-state index contributed by atoms with van der Waals surface area (Å²) in [4.78, 5) is 23.8. The van der Waals surface area contributed by atoms with Gasteiger partial charge in [0.1, 0.15) is 5.75 Å². The molecule has 0 radical (unpaired) electrons. The van der Waals surface area contributed by atoms with Crippen LogP contribution in [0.15, 0.2) is 36.4 Å². The van der Waals surface area contributed by atoms with Crippen molar-refractivity contribution >= 4 is 11.8 Å². The molecule has 0 spiro atoms. The van der Waals surface area contributed by atoms with Crippen molar-refractivity contribution in [1.82, 2.24) is 10.9 Å². The number of aryl methyl sites for hydroxylation is 3. The largest absolute Gasteiger partial charge is 0.493 e. The van der Waals surface area contributed by atoms with Gasteiger partial charge in [-0.2, -0.15) is 0 Å². The molecule has 0 bridgehead atoms. The number of hydrogen-bond acceptors (Lipinski definition) is 5. The first-order valence-corrected chi connectivity index (χ1v) is 8.91. The van der Waals surface area contributed by atoms with Gasteiger partial charge in [-0.15, -0.1) is 0 Å². The highest BCUT2D eigenvalue weighted by Gasteiger charge is 2.09. The molecule has 0 unspecified atom stereocenters. The van der Waals surface area contributed by atoms with E-state index in [0.717, 1.165) is 16.7 Å². The highest BCUT2D eigenvalue weighted by Crippen LogP contribution is 2.27. The molecule has 0 aromatic heterocycles. The fraction of sp³-hybridized carbons (Fsp3) is 0.333. The number of benzene rings is 2. The van der Waals surface area contributed by atoms with Crippen molar-refractivity contribution in [1.29, 1.82) is 0 Å². The number of ether oxygens (including phenoxy) is 3. The van der Waals surface area contributed by atoms with Crippen LogP contribution in [0, 0.1) is 13.8 Å². The summed E-state index contributed by atoms with van der Waals surface area (Å²) in [6.45, 7) is 3.79. The lowest BCUT2D eigenvalue weighted by Crippen LogP contribution is -2.43. The summed E-state index contributed by atoms with van der Waals surface area (Å²) in [5.74, 6) is 1.12. The van der Waals surface area contributed by atoms with E-state index in [-0.39, 0.29) is 18.9 Å². The number of rotatable bonds is 8. The molecule has 0 fully saturated rings. The van der Waals surface area contributed by atoms with Crippen LogP contribution in [0.2, 0.25) is 0 Å². The predicted octanol–water partition coefficient (Wildman–Crippen LogP) is 2.48. The van der Waals surface area contributed by atoms with Crippen molar-refractivity contribution in [3.63, 3.8) is 0 Å². The maximum absolute atomic E-state index is 11.9. The van der Waals surface area contributed by atoms with Crippen molar-refractivity contribution < 1.29 is 23.8 Å². The summed E-state index contributed by atoms with van der Waals surface area (Å²) in [7, 11) is 3.13. The molecule has 7 nitrogen and oxygen atoms in total. The minimum absolute atomic E-state index is 0.182. The Morgan fingerprint density at radius 3 is 2.25 bits per heavy atom. The van der Waals surface area contributed by atoms with Crippen molar-refractivity contribution in [2.24, 2.45) is 0 Å². The van der Waals surface area contributed by atoms with Gasteiger partial charge < -0.3 is 14.2 Å². The molecule has 0 saturated heterocycles. The first-order chi connectivity index (χ1) is 13.4. The van der Waals surface area contributed by atoms with Crippen LogP contribution in [0.25, 0.3) is 0 Å². The fourth-order valence-electron chi connectivity index (χ4n) is 2.48. The van der Waals surface area contributed by atoms with Crippen molar-refractivity contribution in [2.75, 3.05) is 20.8 Å². The standard InChI is InChI=1S/C21H26N2O5/c1-14-5-8-17(11-15(14)2)28-13-21(25)23-22-20(24)10-7-16-6-9-18(26-3)19(12-16)27-4/h5-6,8-9,11-12H,7,10,13H2,1-4H3,(H,22,24)(H,23,25). The number of carbonyl (C=O) groups is 2. The SMILES string of the molecule is COc1ccc(CCC(=O)NNC(=O)COc2ccc(C)c(C)c2)cc1OC. The zero-order valence-electron chi connectivity index (χ0n) is 16.6. The third-order valence-corrected chi connectivity index (χ3v) is 4.28. The van der Waals surface area contributed by atoms with Gasteiger partial charge in [0.2, 0.25) is 5.91 Å². The molecule has 0 heterocycles. The van der Waals surface area contributed by atoms with Crippen LogP contribution in [0.5, 0.6) is 17.2 Å². The molecule has 28 heavy (non-hydrogen) atoms. The molecule has 2 aromatic rings. The normalized spacial score (nSPS) is 10.1. The molecule has 0 atom stereocenters. The number of methoxy groups -OCH3 is 2. The molecule has 0 saturated carbocycles. The molecule has 2 N–H and O–H groups in total. The van der Waals surface area contributed by atoms with Crippen molar-refractivity contribution in [3.05, 3.63) is 53.1 Å². The second-order valence-corrected chi connectivity index (χ2v) is 6.32. The highest BCUT2D eigenvalue weighted by atomic mass is 16.5. The van der Waals surface area contributed by atoms with E-state index in [1.54, 1.807) is 26.4 Å². The summed E-state index contributed by atoms with van der Waals surface area (Å²) < 4.78 is 15.9. The average molecular weight is 386 g/mol. The monoisotopic (exact) mass is 386 g/mol. The zero-order valence-corrected chi connectivity index (χ0v) is 16.6. The maximum atomic E-state index is 11.9. The first-order valence-electron chi connectivity index (χ1n) is 8.91. The Kier molecular flexibility index (Phi) is 7.68. The van der Waals surface area contributed by atoms with E-state index in [0.29, 0.717) is 23.7 Å². The fourth-order valence-corrected chi connectivity index (χ4v) is 2.48. The maximum Gasteiger partial charge on any atom is 0.276 e. The first kappa shape index (κ1) is 21.1. The van der Waals surface area contributed by atoms with E-state index in [1.165, 1.54) is 0 Å². The van der Waals surface area contributed by atoms with Gasteiger partial charge in [0.15, 0.2) is 18.1 Å². The minimum Gasteiger partial charge on any atom is -0.493 e. The van der Waals surface area contributed by atoms with Gasteiger partial charge in [-0.05, 0) is 61.2 Å². The number of amides is 2. The Balaban J connectivity index is 1.73. The van der Waals surface area contributed by atoms with Crippen LogP contribution in [0.4, 0.5) is 0 Å². The molecule has 2 aromatic carbocycles. The molecular weight excluding hydrogens is 360 g/mol. The van der Waals surface area contributed by atoms with Crippen LogP contribution in [-0.2, 0) is 16.0 Å². The Morgan fingerprint density at radius 1 is 0.857 bits per heavy atom. The molecule has 7 heteroatoms. The highest BCUT2D eigenvalue weighted by molar-refractivity contribution is 5.82. The van der Waals surface area contributed by atoms with Gasteiger partial charge in [-0.3, -0.25) is 20.4 Å². The summed E-state index contributed by atoms with van der Waals surface area (Å²) in [6.07, 6.45) is 0.717. The summed E-state index contributed by atoms with van der Waals surface area (Å²) >= 11 is 0. The molecule has 0 aliphatic carbocycles. The molecule has 150 valence electrons. The molecular formula is C21H26N2O5. The van der Waals surface area contributed by atoms with Crippen LogP contribution in [-0.4, -0.2) is 32.6 Å². The summed E-state index contributed by atoms with van der Waals surface area (Å²) in [5.41, 5.74) is 7.90. The minimum atomic E-state index is -0.433. The van der Waals surface area contributed by atoms with Gasteiger partial charge in [-0.1, -0.05) is 12.1 Å². The lowest BCUT2D eigenvalue weighted by Gasteiger charge is -2.11. The van der Waals surface area contributed by atoms with Gasteiger partial charge >= 0.3 is 0 Å². The van der Waals surface area contributed by atoms with Gasteiger partial charge in [0.05, 0.1) is 14.2 Å². The quantitative estimate of drug-likeness (QED) is 0.681. The second kappa shape index (κ2) is 10.2. The third kappa shape index (κ3) is 6.19. The van der Waals surface area contributed by atoms with E-state index in [1.807, 2.05) is 38.1 Å². The summed E-state index contributed by atoms with van der Waals surface area (Å²) in [6, 6.07) is 11.1. The topological polar surface area (TPSA) is 85.9 Å². The Labute approximate surface area is 165 Å². The van der Waals surface area contributed by atoms with E-state index in [9.17, 15) is 9.59 Å². The number of hydrogen-bond donors (Lipinski definition) is 2. The van der Waals surface area contributed by atoms with Gasteiger partial charge in [0.25, 0.3) is 5.91 Å². The number of nitrogens with one attached hydrogen (secondary N) is 2. The Hall–Kier alpha value is -3.22. The lowest BCUT2D eigenvalue weighted by atomic mass is 10.1. The molecule has 2 amide bonds. The molecule has 0 aliphatic rings. The number of carbonyl (C=O) groups excluding carboxylic acids is 2. The van der Waals surface area contributed by atoms with Gasteiger partial charge in [-0.25, -0.2) is 0 Å². The van der Waals surface area contributed by atoms with E-state index in [4.69, 9.17) is 14.2 Å². The van der Waals surface area contributed by atoms with E-state index in [2.05, 4.69) is 10.9 Å². The van der Waals surface area contributed by atoms with Crippen molar-refractivity contribution in [3.8, 4) is 17.2 Å². The predicted molar refractivity (Wildman–Crippen MR) is 106 cm³/mol. The third-order valence-electron chi connectivity index (χ3n) is 4.28. The molecule has 2 rings (SSSR count). The lowest BCUT2D eigenvalue weighted by molar-refractivity contribution is -0.130. The summed E-state index contributed by atoms with van der Waals surface area (Å²) in [5, 5.41) is 0. The zero-order chi connectivity index (χ0) is 20.5. The van der Waals surface area contributed by atoms with Crippen molar-refractivity contribution in [2.45, 2.75) is 26.7 Å². The van der Waals surface area contributed by atoms with E-state index < -0.39 is 5.91 Å². The van der Waals surface area contributed by atoms with Crippen LogP contribution in [0.1, 0.15) is 23.1 Å².